The lowest BCUT2D eigenvalue weighted by molar-refractivity contribution is -0.190. The molecule has 8 nitrogen and oxygen atoms in total. The molecule has 2 aliphatic heterocycles. The third-order valence-electron chi connectivity index (χ3n) is 8.38. The van der Waals surface area contributed by atoms with Crippen LogP contribution < -0.4 is 5.32 Å². The first-order chi connectivity index (χ1) is 21.0. The van der Waals surface area contributed by atoms with Crippen LogP contribution in [-0.2, 0) is 16.1 Å². The normalized spacial score (nSPS) is 19.1. The molecule has 2 fully saturated rings. The van der Waals surface area contributed by atoms with Crippen molar-refractivity contribution in [2.24, 2.45) is 0 Å². The number of likely N-dealkylation sites (N-methyl/N-ethyl adjacent to an activating group) is 1. The van der Waals surface area contributed by atoms with E-state index in [0.717, 1.165) is 17.7 Å². The standard InChI is InChI=1S/C34H41N5O3S/c1-3-37-25-32(40)38-30(20-22-43-2)33(41)36(24-31(38)39(37)34(42)35-23-26-13-7-4-8-14-26)21-19-29(27-15-9-5-10-16-27)28-17-11-6-12-18-28/h4-18,29-31H,3,19-25H2,1-2H3,(H,35,42)/t30-,31-/m0/s1. The number of urea groups is 1. The Morgan fingerprint density at radius 2 is 1.53 bits per heavy atom. The van der Waals surface area contributed by atoms with Crippen molar-refractivity contribution in [2.75, 3.05) is 38.2 Å². The molecule has 0 saturated carbocycles. The summed E-state index contributed by atoms with van der Waals surface area (Å²) < 4.78 is 0. The minimum absolute atomic E-state index is 0.0342. The molecule has 2 heterocycles. The second-order valence-corrected chi connectivity index (χ2v) is 12.0. The van der Waals surface area contributed by atoms with Gasteiger partial charge in [0.1, 0.15) is 12.2 Å². The van der Waals surface area contributed by atoms with Crippen LogP contribution >= 0.6 is 11.8 Å². The van der Waals surface area contributed by atoms with Crippen molar-refractivity contribution < 1.29 is 14.4 Å². The van der Waals surface area contributed by atoms with E-state index in [1.54, 1.807) is 26.7 Å². The van der Waals surface area contributed by atoms with Crippen LogP contribution in [0.5, 0.6) is 0 Å². The summed E-state index contributed by atoms with van der Waals surface area (Å²) in [5.74, 6) is 0.718. The average Bonchev–Trinajstić information content (AvgIpc) is 3.05. The summed E-state index contributed by atoms with van der Waals surface area (Å²) in [6.45, 7) is 3.69. The van der Waals surface area contributed by atoms with Gasteiger partial charge in [0.2, 0.25) is 11.8 Å². The zero-order valence-electron chi connectivity index (χ0n) is 25.0. The van der Waals surface area contributed by atoms with Crippen LogP contribution in [0.1, 0.15) is 42.4 Å². The second-order valence-electron chi connectivity index (χ2n) is 11.0. The van der Waals surface area contributed by atoms with Crippen LogP contribution in [0.3, 0.4) is 0 Å². The molecule has 0 radical (unpaired) electrons. The van der Waals surface area contributed by atoms with Gasteiger partial charge in [0.15, 0.2) is 0 Å². The summed E-state index contributed by atoms with van der Waals surface area (Å²) in [5.41, 5.74) is 3.39. The lowest BCUT2D eigenvalue weighted by Gasteiger charge is -2.55. The first-order valence-electron chi connectivity index (χ1n) is 15.1. The largest absolute Gasteiger partial charge is 0.337 e. The fourth-order valence-corrected chi connectivity index (χ4v) is 6.67. The third kappa shape index (κ3) is 7.05. The number of hydrazine groups is 1. The number of thioether (sulfide) groups is 1. The van der Waals surface area contributed by atoms with Crippen LogP contribution in [0.25, 0.3) is 0 Å². The molecule has 9 heteroatoms. The zero-order valence-corrected chi connectivity index (χ0v) is 25.8. The molecular formula is C34H41N5O3S. The molecule has 2 atom stereocenters. The van der Waals surface area contributed by atoms with Gasteiger partial charge in [-0.25, -0.2) is 14.8 Å². The number of hydrogen-bond donors (Lipinski definition) is 1. The molecule has 3 aromatic rings. The highest BCUT2D eigenvalue weighted by atomic mass is 32.2. The molecular weight excluding hydrogens is 558 g/mol. The smallest absolute Gasteiger partial charge is 0.334 e. The Balaban J connectivity index is 1.41. The Morgan fingerprint density at radius 1 is 0.930 bits per heavy atom. The van der Waals surface area contributed by atoms with Crippen LogP contribution in [0, 0.1) is 0 Å². The summed E-state index contributed by atoms with van der Waals surface area (Å²) >= 11 is 1.66. The molecule has 0 bridgehead atoms. The summed E-state index contributed by atoms with van der Waals surface area (Å²) in [7, 11) is 0. The fourth-order valence-electron chi connectivity index (χ4n) is 6.21. The molecule has 2 aliphatic rings. The van der Waals surface area contributed by atoms with Gasteiger partial charge in [-0.1, -0.05) is 97.9 Å². The van der Waals surface area contributed by atoms with E-state index in [4.69, 9.17) is 0 Å². The molecule has 0 aliphatic carbocycles. The van der Waals surface area contributed by atoms with Gasteiger partial charge < -0.3 is 15.1 Å². The van der Waals surface area contributed by atoms with Crippen molar-refractivity contribution in [3.63, 3.8) is 0 Å². The minimum Gasteiger partial charge on any atom is -0.337 e. The molecule has 5 rings (SSSR count). The molecule has 0 unspecified atom stereocenters. The average molecular weight is 600 g/mol. The summed E-state index contributed by atoms with van der Waals surface area (Å²) in [5, 5.41) is 6.55. The van der Waals surface area contributed by atoms with E-state index in [0.29, 0.717) is 26.1 Å². The van der Waals surface area contributed by atoms with E-state index in [1.807, 2.05) is 84.8 Å². The molecule has 43 heavy (non-hydrogen) atoms. The van der Waals surface area contributed by atoms with Gasteiger partial charge in [0.05, 0.1) is 13.1 Å². The van der Waals surface area contributed by atoms with Crippen molar-refractivity contribution in [1.82, 2.24) is 25.1 Å². The predicted molar refractivity (Wildman–Crippen MR) is 171 cm³/mol. The maximum absolute atomic E-state index is 14.0. The van der Waals surface area contributed by atoms with E-state index < -0.39 is 12.2 Å². The number of hydrogen-bond acceptors (Lipinski definition) is 5. The number of amides is 4. The Labute approximate surface area is 259 Å². The van der Waals surface area contributed by atoms with E-state index in [-0.39, 0.29) is 36.9 Å². The van der Waals surface area contributed by atoms with Gasteiger partial charge in [-0.15, -0.1) is 0 Å². The first kappa shape index (κ1) is 30.6. The molecule has 0 spiro atoms. The topological polar surface area (TPSA) is 76.2 Å². The van der Waals surface area contributed by atoms with Gasteiger partial charge in [-0.3, -0.25) is 9.59 Å². The number of nitrogens with zero attached hydrogens (tertiary/aromatic N) is 4. The van der Waals surface area contributed by atoms with Gasteiger partial charge >= 0.3 is 6.03 Å². The highest BCUT2D eigenvalue weighted by molar-refractivity contribution is 7.98. The zero-order chi connectivity index (χ0) is 30.2. The van der Waals surface area contributed by atoms with Crippen molar-refractivity contribution >= 4 is 29.6 Å². The maximum Gasteiger partial charge on any atom is 0.334 e. The van der Waals surface area contributed by atoms with Crippen LogP contribution in [-0.4, -0.2) is 88.1 Å². The van der Waals surface area contributed by atoms with E-state index in [9.17, 15) is 14.4 Å². The first-order valence-corrected chi connectivity index (χ1v) is 16.5. The van der Waals surface area contributed by atoms with Gasteiger partial charge in [0, 0.05) is 25.6 Å². The number of carbonyl (C=O) groups is 3. The van der Waals surface area contributed by atoms with Gasteiger partial charge in [0.25, 0.3) is 0 Å². The Kier molecular flexibility index (Phi) is 10.4. The summed E-state index contributed by atoms with van der Waals surface area (Å²) in [4.78, 5) is 44.9. The summed E-state index contributed by atoms with van der Waals surface area (Å²) in [6.07, 6.45) is 2.71. The quantitative estimate of drug-likeness (QED) is 0.343. The molecule has 0 aromatic heterocycles. The molecule has 1 N–H and O–H groups in total. The summed E-state index contributed by atoms with van der Waals surface area (Å²) in [6, 6.07) is 29.7. The van der Waals surface area contributed by atoms with Crippen LogP contribution in [0.2, 0.25) is 0 Å². The second kappa shape index (κ2) is 14.6. The van der Waals surface area contributed by atoms with Crippen molar-refractivity contribution in [3.05, 3.63) is 108 Å². The van der Waals surface area contributed by atoms with E-state index in [1.165, 1.54) is 11.1 Å². The minimum atomic E-state index is -0.603. The lowest BCUT2D eigenvalue weighted by atomic mass is 9.88. The number of nitrogens with one attached hydrogen (secondary N) is 1. The van der Waals surface area contributed by atoms with E-state index in [2.05, 4.69) is 29.6 Å². The number of fused-ring (bicyclic) bond motifs is 1. The van der Waals surface area contributed by atoms with E-state index >= 15 is 0 Å². The third-order valence-corrected chi connectivity index (χ3v) is 9.02. The lowest BCUT2D eigenvalue weighted by Crippen LogP contribution is -2.76. The fraction of sp³-hybridized carbons (Fsp3) is 0.382. The maximum atomic E-state index is 14.0. The van der Waals surface area contributed by atoms with Crippen molar-refractivity contribution in [2.45, 2.75) is 44.4 Å². The van der Waals surface area contributed by atoms with Crippen molar-refractivity contribution in [1.29, 1.82) is 0 Å². The molecule has 226 valence electrons. The number of rotatable bonds is 11. The Morgan fingerprint density at radius 3 is 2.12 bits per heavy atom. The highest BCUT2D eigenvalue weighted by Gasteiger charge is 2.50. The molecule has 4 amide bonds. The van der Waals surface area contributed by atoms with Crippen LogP contribution in [0.15, 0.2) is 91.0 Å². The monoisotopic (exact) mass is 599 g/mol. The molecule has 2 saturated heterocycles. The van der Waals surface area contributed by atoms with Crippen molar-refractivity contribution in [3.8, 4) is 0 Å². The van der Waals surface area contributed by atoms with Gasteiger partial charge in [-0.2, -0.15) is 11.8 Å². The highest BCUT2D eigenvalue weighted by Crippen LogP contribution is 2.32. The SMILES string of the molecule is CCN1CC(=O)N2[C@@H](CCSC)C(=O)N(CCC(c3ccccc3)c3ccccc3)C[C@@H]2N1C(=O)NCc1ccccc1. The molecule has 3 aromatic carbocycles. The Hall–Kier alpha value is -3.82. The predicted octanol–water partition coefficient (Wildman–Crippen LogP) is 4.79. The van der Waals surface area contributed by atoms with Crippen LogP contribution in [0.4, 0.5) is 4.79 Å². The Bertz CT molecular complexity index is 1320. The van der Waals surface area contributed by atoms with Gasteiger partial charge in [-0.05, 0) is 41.5 Å². The number of benzene rings is 3. The number of piperazine rings is 1. The number of carbonyl (C=O) groups excluding carboxylic acids is 3.